The van der Waals surface area contributed by atoms with E-state index in [0.717, 1.165) is 19.0 Å². The molecule has 0 spiro atoms. The first-order valence-electron chi connectivity index (χ1n) is 5.52. The maximum absolute atomic E-state index is 12.7. The average molecular weight is 245 g/mol. The van der Waals surface area contributed by atoms with Gasteiger partial charge in [-0.1, -0.05) is 6.07 Å². The largest absolute Gasteiger partial charge is 0.489 e. The lowest BCUT2D eigenvalue weighted by molar-refractivity contribution is -0.138. The van der Waals surface area contributed by atoms with Gasteiger partial charge >= 0.3 is 6.18 Å². The van der Waals surface area contributed by atoms with Crippen LogP contribution < -0.4 is 10.1 Å². The Bertz CT molecular complexity index is 397. The molecule has 0 saturated carbocycles. The standard InChI is InChI=1S/C12H14F3NO/c1-8-2-3-9(6-11(8)12(13,14)15)17-10-4-5-16-7-10/h2-3,6,10,16H,4-5,7H2,1H3. The van der Waals surface area contributed by atoms with Gasteiger partial charge in [0.05, 0.1) is 5.56 Å². The van der Waals surface area contributed by atoms with Gasteiger partial charge in [-0.25, -0.2) is 0 Å². The van der Waals surface area contributed by atoms with Crippen LogP contribution in [-0.4, -0.2) is 19.2 Å². The van der Waals surface area contributed by atoms with Crippen molar-refractivity contribution < 1.29 is 17.9 Å². The summed E-state index contributed by atoms with van der Waals surface area (Å²) in [4.78, 5) is 0. The number of rotatable bonds is 2. The van der Waals surface area contributed by atoms with Crippen LogP contribution in [-0.2, 0) is 6.18 Å². The molecule has 0 aromatic heterocycles. The second-order valence-corrected chi connectivity index (χ2v) is 4.21. The maximum Gasteiger partial charge on any atom is 0.416 e. The molecule has 2 rings (SSSR count). The Hall–Kier alpha value is -1.23. The Morgan fingerprint density at radius 2 is 2.12 bits per heavy atom. The fourth-order valence-electron chi connectivity index (χ4n) is 1.90. The molecule has 1 heterocycles. The summed E-state index contributed by atoms with van der Waals surface area (Å²) < 4.78 is 43.5. The van der Waals surface area contributed by atoms with Crippen LogP contribution in [0, 0.1) is 6.92 Å². The second kappa shape index (κ2) is 4.56. The van der Waals surface area contributed by atoms with Crippen molar-refractivity contribution in [1.82, 2.24) is 5.32 Å². The molecule has 1 saturated heterocycles. The first-order chi connectivity index (χ1) is 7.97. The SMILES string of the molecule is Cc1ccc(OC2CCNC2)cc1C(F)(F)F. The van der Waals surface area contributed by atoms with Crippen molar-refractivity contribution in [2.45, 2.75) is 25.6 Å². The number of alkyl halides is 3. The summed E-state index contributed by atoms with van der Waals surface area (Å²) in [5, 5.41) is 3.10. The molecule has 94 valence electrons. The number of aryl methyl sites for hydroxylation is 1. The first-order valence-corrected chi connectivity index (χ1v) is 5.52. The molecule has 1 aliphatic heterocycles. The molecule has 0 bridgehead atoms. The van der Waals surface area contributed by atoms with E-state index >= 15 is 0 Å². The van der Waals surface area contributed by atoms with Crippen molar-refractivity contribution in [2.24, 2.45) is 0 Å². The number of benzene rings is 1. The summed E-state index contributed by atoms with van der Waals surface area (Å²) in [6, 6.07) is 4.11. The third kappa shape index (κ3) is 2.91. The molecule has 17 heavy (non-hydrogen) atoms. The molecule has 1 aliphatic rings. The van der Waals surface area contributed by atoms with Gasteiger partial charge in [0.2, 0.25) is 0 Å². The molecule has 1 atom stereocenters. The van der Waals surface area contributed by atoms with Gasteiger partial charge in [0.25, 0.3) is 0 Å². The summed E-state index contributed by atoms with van der Waals surface area (Å²) in [5.74, 6) is 0.289. The lowest BCUT2D eigenvalue weighted by Gasteiger charge is -2.16. The summed E-state index contributed by atoms with van der Waals surface area (Å²) in [6.45, 7) is 2.99. The molecule has 5 heteroatoms. The number of halogens is 3. The Morgan fingerprint density at radius 1 is 1.35 bits per heavy atom. The summed E-state index contributed by atoms with van der Waals surface area (Å²) in [6.07, 6.45) is -3.52. The van der Waals surface area contributed by atoms with Crippen molar-refractivity contribution in [3.8, 4) is 5.75 Å². The highest BCUT2D eigenvalue weighted by Crippen LogP contribution is 2.34. The highest BCUT2D eigenvalue weighted by molar-refractivity contribution is 5.36. The molecule has 1 aromatic carbocycles. The first kappa shape index (κ1) is 12.2. The van der Waals surface area contributed by atoms with Crippen LogP contribution in [0.15, 0.2) is 18.2 Å². The predicted octanol–water partition coefficient (Wildman–Crippen LogP) is 2.75. The predicted molar refractivity (Wildman–Crippen MR) is 58.1 cm³/mol. The van der Waals surface area contributed by atoms with E-state index in [1.165, 1.54) is 13.0 Å². The summed E-state index contributed by atoms with van der Waals surface area (Å²) >= 11 is 0. The van der Waals surface area contributed by atoms with E-state index in [2.05, 4.69) is 5.32 Å². The van der Waals surface area contributed by atoms with Crippen LogP contribution in [0.25, 0.3) is 0 Å². The zero-order valence-electron chi connectivity index (χ0n) is 9.47. The molecule has 1 N–H and O–H groups in total. The van der Waals surface area contributed by atoms with Gasteiger partial charge in [0.15, 0.2) is 0 Å². The van der Waals surface area contributed by atoms with E-state index in [1.54, 1.807) is 6.07 Å². The Labute approximate surface area is 97.8 Å². The molecular weight excluding hydrogens is 231 g/mol. The lowest BCUT2D eigenvalue weighted by Crippen LogP contribution is -2.20. The molecular formula is C12H14F3NO. The maximum atomic E-state index is 12.7. The number of hydrogen-bond acceptors (Lipinski definition) is 2. The van der Waals surface area contributed by atoms with Crippen molar-refractivity contribution >= 4 is 0 Å². The van der Waals surface area contributed by atoms with E-state index in [1.807, 2.05) is 0 Å². The van der Waals surface area contributed by atoms with Gasteiger partial charge in [0, 0.05) is 6.54 Å². The zero-order valence-corrected chi connectivity index (χ0v) is 9.47. The molecule has 1 aromatic rings. The molecule has 0 aliphatic carbocycles. The molecule has 1 fully saturated rings. The number of hydrogen-bond donors (Lipinski definition) is 1. The average Bonchev–Trinajstić information content (AvgIpc) is 2.72. The smallest absolute Gasteiger partial charge is 0.416 e. The highest BCUT2D eigenvalue weighted by Gasteiger charge is 2.32. The van der Waals surface area contributed by atoms with E-state index < -0.39 is 11.7 Å². The number of nitrogens with one attached hydrogen (secondary N) is 1. The third-order valence-corrected chi connectivity index (χ3v) is 2.83. The second-order valence-electron chi connectivity index (χ2n) is 4.21. The molecule has 0 radical (unpaired) electrons. The Balaban J connectivity index is 2.18. The monoisotopic (exact) mass is 245 g/mol. The van der Waals surface area contributed by atoms with Gasteiger partial charge in [-0.3, -0.25) is 0 Å². The van der Waals surface area contributed by atoms with Crippen LogP contribution in [0.4, 0.5) is 13.2 Å². The van der Waals surface area contributed by atoms with Gasteiger partial charge in [-0.15, -0.1) is 0 Å². The Kier molecular flexibility index (Phi) is 3.28. The van der Waals surface area contributed by atoms with Crippen molar-refractivity contribution in [2.75, 3.05) is 13.1 Å². The van der Waals surface area contributed by atoms with E-state index in [9.17, 15) is 13.2 Å². The third-order valence-electron chi connectivity index (χ3n) is 2.83. The summed E-state index contributed by atoms with van der Waals surface area (Å²) in [5.41, 5.74) is -0.407. The minimum atomic E-state index is -4.32. The van der Waals surface area contributed by atoms with Crippen LogP contribution >= 0.6 is 0 Å². The topological polar surface area (TPSA) is 21.3 Å². The highest BCUT2D eigenvalue weighted by atomic mass is 19.4. The quantitative estimate of drug-likeness (QED) is 0.865. The van der Waals surface area contributed by atoms with Crippen LogP contribution in [0.2, 0.25) is 0 Å². The van der Waals surface area contributed by atoms with Crippen LogP contribution in [0.5, 0.6) is 5.75 Å². The Morgan fingerprint density at radius 3 is 2.71 bits per heavy atom. The van der Waals surface area contributed by atoms with Gasteiger partial charge in [-0.05, 0) is 37.6 Å². The van der Waals surface area contributed by atoms with E-state index in [-0.39, 0.29) is 17.4 Å². The van der Waals surface area contributed by atoms with Gasteiger partial charge < -0.3 is 10.1 Å². The fourth-order valence-corrected chi connectivity index (χ4v) is 1.90. The van der Waals surface area contributed by atoms with E-state index in [4.69, 9.17) is 4.74 Å². The van der Waals surface area contributed by atoms with Crippen molar-refractivity contribution in [3.63, 3.8) is 0 Å². The normalized spacial score (nSPS) is 20.6. The van der Waals surface area contributed by atoms with Crippen molar-refractivity contribution in [3.05, 3.63) is 29.3 Å². The minimum absolute atomic E-state index is 0.0289. The van der Waals surface area contributed by atoms with Gasteiger partial charge in [0.1, 0.15) is 11.9 Å². The zero-order chi connectivity index (χ0) is 12.5. The van der Waals surface area contributed by atoms with Crippen LogP contribution in [0.1, 0.15) is 17.5 Å². The van der Waals surface area contributed by atoms with Crippen molar-refractivity contribution in [1.29, 1.82) is 0 Å². The molecule has 2 nitrogen and oxygen atoms in total. The lowest BCUT2D eigenvalue weighted by atomic mass is 10.1. The number of ether oxygens (including phenoxy) is 1. The van der Waals surface area contributed by atoms with Crippen LogP contribution in [0.3, 0.4) is 0 Å². The van der Waals surface area contributed by atoms with E-state index in [0.29, 0.717) is 6.54 Å². The summed E-state index contributed by atoms with van der Waals surface area (Å²) in [7, 11) is 0. The molecule has 1 unspecified atom stereocenters. The fraction of sp³-hybridized carbons (Fsp3) is 0.500. The van der Waals surface area contributed by atoms with Gasteiger partial charge in [-0.2, -0.15) is 13.2 Å². The minimum Gasteiger partial charge on any atom is -0.489 e. The molecule has 0 amide bonds.